The van der Waals surface area contributed by atoms with Crippen molar-refractivity contribution in [1.82, 2.24) is 20.0 Å². The van der Waals surface area contributed by atoms with E-state index in [1.165, 1.54) is 0 Å². The number of aliphatic imine (C=N–C) groups is 1. The zero-order valence-electron chi connectivity index (χ0n) is 18.4. The molecule has 0 atom stereocenters. The van der Waals surface area contributed by atoms with E-state index in [-0.39, 0.29) is 36.0 Å². The molecule has 0 unspecified atom stereocenters. The van der Waals surface area contributed by atoms with Gasteiger partial charge in [0.25, 0.3) is 5.91 Å². The highest BCUT2D eigenvalue weighted by atomic mass is 127. The van der Waals surface area contributed by atoms with Crippen LogP contribution in [0.15, 0.2) is 29.3 Å². The summed E-state index contributed by atoms with van der Waals surface area (Å²) in [5.74, 6) is 0.861. The SMILES string of the molecule is CCNC(=NCCc1cccc(C(=O)N(C)C)c1)N1CCN(C(=O)OCC)CC1.I. The van der Waals surface area contributed by atoms with Crippen molar-refractivity contribution in [3.63, 3.8) is 0 Å². The van der Waals surface area contributed by atoms with E-state index in [4.69, 9.17) is 9.73 Å². The first-order valence-electron chi connectivity index (χ1n) is 10.2. The largest absolute Gasteiger partial charge is 0.450 e. The lowest BCUT2D eigenvalue weighted by Gasteiger charge is -2.35. The van der Waals surface area contributed by atoms with Crippen molar-refractivity contribution in [2.24, 2.45) is 4.99 Å². The summed E-state index contributed by atoms with van der Waals surface area (Å²) in [6.45, 7) is 8.34. The minimum absolute atomic E-state index is 0. The van der Waals surface area contributed by atoms with E-state index in [9.17, 15) is 9.59 Å². The number of hydrogen-bond acceptors (Lipinski definition) is 4. The van der Waals surface area contributed by atoms with Crippen LogP contribution in [0.4, 0.5) is 4.79 Å². The normalized spacial score (nSPS) is 14.1. The van der Waals surface area contributed by atoms with Gasteiger partial charge in [0, 0.05) is 58.9 Å². The van der Waals surface area contributed by atoms with Crippen LogP contribution in [-0.4, -0.2) is 92.6 Å². The summed E-state index contributed by atoms with van der Waals surface area (Å²) in [5, 5.41) is 3.33. The molecule has 0 saturated carbocycles. The van der Waals surface area contributed by atoms with Crippen molar-refractivity contribution in [2.75, 3.05) is 60.0 Å². The van der Waals surface area contributed by atoms with Crippen LogP contribution >= 0.6 is 24.0 Å². The molecule has 1 saturated heterocycles. The summed E-state index contributed by atoms with van der Waals surface area (Å²) in [6.07, 6.45) is 0.507. The number of piperazine rings is 1. The van der Waals surface area contributed by atoms with Gasteiger partial charge in [0.2, 0.25) is 0 Å². The Balaban J connectivity index is 0.00000450. The highest BCUT2D eigenvalue weighted by Gasteiger charge is 2.23. The van der Waals surface area contributed by atoms with E-state index in [0.29, 0.717) is 31.8 Å². The number of guanidine groups is 1. The fourth-order valence-electron chi connectivity index (χ4n) is 3.15. The Hall–Kier alpha value is -2.04. The molecule has 1 aliphatic rings. The van der Waals surface area contributed by atoms with Crippen LogP contribution in [0.25, 0.3) is 0 Å². The zero-order chi connectivity index (χ0) is 21.2. The maximum Gasteiger partial charge on any atom is 0.409 e. The van der Waals surface area contributed by atoms with Gasteiger partial charge in [-0.15, -0.1) is 24.0 Å². The van der Waals surface area contributed by atoms with Gasteiger partial charge in [0.15, 0.2) is 5.96 Å². The Labute approximate surface area is 196 Å². The van der Waals surface area contributed by atoms with Crippen LogP contribution in [0.3, 0.4) is 0 Å². The third-order valence-electron chi connectivity index (χ3n) is 4.68. The van der Waals surface area contributed by atoms with Gasteiger partial charge in [-0.2, -0.15) is 0 Å². The number of halogens is 1. The maximum atomic E-state index is 12.1. The van der Waals surface area contributed by atoms with Crippen LogP contribution in [0.2, 0.25) is 0 Å². The molecule has 2 amide bonds. The standard InChI is InChI=1S/C21H33N5O3.HI/c1-5-22-20(25-12-14-26(15-13-25)21(28)29-6-2)23-11-10-17-8-7-9-18(16-17)19(27)24(3)4;/h7-9,16H,5-6,10-15H2,1-4H3,(H,22,23);1H. The highest BCUT2D eigenvalue weighted by Crippen LogP contribution is 2.09. The van der Waals surface area contributed by atoms with Crippen molar-refractivity contribution in [2.45, 2.75) is 20.3 Å². The fraction of sp³-hybridized carbons (Fsp3) is 0.571. The zero-order valence-corrected chi connectivity index (χ0v) is 20.7. The monoisotopic (exact) mass is 531 g/mol. The molecule has 9 heteroatoms. The molecule has 30 heavy (non-hydrogen) atoms. The van der Waals surface area contributed by atoms with Crippen LogP contribution < -0.4 is 5.32 Å². The number of hydrogen-bond donors (Lipinski definition) is 1. The van der Waals surface area contributed by atoms with Crippen molar-refractivity contribution in [3.05, 3.63) is 35.4 Å². The van der Waals surface area contributed by atoms with E-state index in [1.54, 1.807) is 23.9 Å². The molecule has 1 aromatic carbocycles. The minimum atomic E-state index is -0.249. The number of ether oxygens (including phenoxy) is 1. The maximum absolute atomic E-state index is 12.1. The molecule has 1 aromatic rings. The Morgan fingerprint density at radius 1 is 1.13 bits per heavy atom. The summed E-state index contributed by atoms with van der Waals surface area (Å²) in [5.41, 5.74) is 1.78. The van der Waals surface area contributed by atoms with Crippen molar-refractivity contribution < 1.29 is 14.3 Å². The molecule has 1 aliphatic heterocycles. The molecular weight excluding hydrogens is 497 g/mol. The first-order chi connectivity index (χ1) is 14.0. The first kappa shape index (κ1) is 26.0. The molecule has 1 heterocycles. The van der Waals surface area contributed by atoms with Crippen LogP contribution in [0, 0.1) is 0 Å². The predicted molar refractivity (Wildman–Crippen MR) is 130 cm³/mol. The van der Waals surface area contributed by atoms with Gasteiger partial charge >= 0.3 is 6.09 Å². The van der Waals surface area contributed by atoms with Crippen LogP contribution in [-0.2, 0) is 11.2 Å². The van der Waals surface area contributed by atoms with Gasteiger partial charge < -0.3 is 24.8 Å². The first-order valence-corrected chi connectivity index (χ1v) is 10.2. The van der Waals surface area contributed by atoms with Crippen molar-refractivity contribution >= 4 is 41.9 Å². The second kappa shape index (κ2) is 13.3. The molecule has 168 valence electrons. The molecule has 0 spiro atoms. The highest BCUT2D eigenvalue weighted by molar-refractivity contribution is 14.0. The molecule has 0 bridgehead atoms. The number of benzene rings is 1. The van der Waals surface area contributed by atoms with Crippen molar-refractivity contribution in [3.8, 4) is 0 Å². The van der Waals surface area contributed by atoms with E-state index in [2.05, 4.69) is 10.2 Å². The number of nitrogens with zero attached hydrogens (tertiary/aromatic N) is 4. The molecule has 0 aliphatic carbocycles. The molecule has 1 N–H and O–H groups in total. The average molecular weight is 531 g/mol. The van der Waals surface area contributed by atoms with E-state index in [1.807, 2.05) is 38.1 Å². The number of carbonyl (C=O) groups excluding carboxylic acids is 2. The third-order valence-corrected chi connectivity index (χ3v) is 4.68. The van der Waals surface area contributed by atoms with Gasteiger partial charge in [-0.25, -0.2) is 4.79 Å². The molecule has 0 radical (unpaired) electrons. The smallest absolute Gasteiger partial charge is 0.409 e. The lowest BCUT2D eigenvalue weighted by Crippen LogP contribution is -2.54. The third kappa shape index (κ3) is 7.66. The lowest BCUT2D eigenvalue weighted by molar-refractivity contribution is 0.0827. The van der Waals surface area contributed by atoms with Gasteiger partial charge in [0.05, 0.1) is 6.61 Å². The predicted octanol–water partition coefficient (Wildman–Crippen LogP) is 2.29. The Morgan fingerprint density at radius 2 is 1.80 bits per heavy atom. The second-order valence-corrected chi connectivity index (χ2v) is 7.06. The van der Waals surface area contributed by atoms with Gasteiger partial charge in [-0.1, -0.05) is 12.1 Å². The minimum Gasteiger partial charge on any atom is -0.450 e. The van der Waals surface area contributed by atoms with E-state index < -0.39 is 0 Å². The molecule has 2 rings (SSSR count). The summed E-state index contributed by atoms with van der Waals surface area (Å²) >= 11 is 0. The number of rotatable bonds is 6. The molecule has 1 fully saturated rings. The Bertz CT molecular complexity index is 718. The second-order valence-electron chi connectivity index (χ2n) is 7.06. The molecular formula is C21H34IN5O3. The summed E-state index contributed by atoms with van der Waals surface area (Å²) in [6, 6.07) is 7.70. The van der Waals surface area contributed by atoms with Gasteiger partial charge in [-0.05, 0) is 38.0 Å². The number of nitrogens with one attached hydrogen (secondary N) is 1. The Morgan fingerprint density at radius 3 is 2.40 bits per heavy atom. The van der Waals surface area contributed by atoms with Crippen LogP contribution in [0.5, 0.6) is 0 Å². The fourth-order valence-corrected chi connectivity index (χ4v) is 3.15. The Kier molecular flexibility index (Phi) is 11.5. The summed E-state index contributed by atoms with van der Waals surface area (Å²) in [7, 11) is 3.51. The summed E-state index contributed by atoms with van der Waals surface area (Å²) < 4.78 is 5.08. The quantitative estimate of drug-likeness (QED) is 0.347. The van der Waals surface area contributed by atoms with Gasteiger partial charge in [0.1, 0.15) is 0 Å². The average Bonchev–Trinajstić information content (AvgIpc) is 2.73. The number of amides is 2. The molecule has 8 nitrogen and oxygen atoms in total. The van der Waals surface area contributed by atoms with E-state index >= 15 is 0 Å². The van der Waals surface area contributed by atoms with Crippen molar-refractivity contribution in [1.29, 1.82) is 0 Å². The molecule has 0 aromatic heterocycles. The number of carbonyl (C=O) groups is 2. The lowest BCUT2D eigenvalue weighted by atomic mass is 10.1. The van der Waals surface area contributed by atoms with Crippen LogP contribution in [0.1, 0.15) is 29.8 Å². The van der Waals surface area contributed by atoms with Gasteiger partial charge in [-0.3, -0.25) is 9.79 Å². The topological polar surface area (TPSA) is 77.5 Å². The summed E-state index contributed by atoms with van der Waals surface area (Å²) in [4.78, 5) is 34.2. The van der Waals surface area contributed by atoms with E-state index in [0.717, 1.165) is 37.6 Å².